The van der Waals surface area contributed by atoms with Gasteiger partial charge in [-0.05, 0) is 6.42 Å². The van der Waals surface area contributed by atoms with Gasteiger partial charge in [0.05, 0.1) is 13.2 Å². The number of carbonyl (C=O) groups is 1. The van der Waals surface area contributed by atoms with Crippen LogP contribution in [-0.4, -0.2) is 48.3 Å². The number of carbonyl (C=O) groups excluding carboxylic acids is 1. The van der Waals surface area contributed by atoms with Crippen molar-refractivity contribution in [3.8, 4) is 0 Å². The number of aliphatic hydroxyl groups is 1. The lowest BCUT2D eigenvalue weighted by atomic mass is 9.87. The number of nitrogens with zero attached hydrogens (tertiary/aromatic N) is 1. The zero-order valence-electron chi connectivity index (χ0n) is 8.05. The van der Waals surface area contributed by atoms with Gasteiger partial charge in [0.2, 0.25) is 5.91 Å². The molecule has 1 atom stereocenters. The summed E-state index contributed by atoms with van der Waals surface area (Å²) >= 11 is 0. The number of hydrogen-bond donors (Lipinski definition) is 2. The van der Waals surface area contributed by atoms with Crippen molar-refractivity contribution in [3.63, 3.8) is 0 Å². The van der Waals surface area contributed by atoms with E-state index in [1.54, 1.807) is 0 Å². The zero-order chi connectivity index (χ0) is 11.7. The second-order valence-electron chi connectivity index (χ2n) is 3.71. The molecule has 1 rings (SSSR count). The maximum absolute atomic E-state index is 12.6. The first kappa shape index (κ1) is 12.3. The molecule has 1 aliphatic heterocycles. The van der Waals surface area contributed by atoms with Gasteiger partial charge in [0, 0.05) is 13.1 Å². The van der Waals surface area contributed by atoms with Crippen molar-refractivity contribution in [3.05, 3.63) is 0 Å². The van der Waals surface area contributed by atoms with Gasteiger partial charge in [-0.25, -0.2) is 0 Å². The molecule has 0 bridgehead atoms. The van der Waals surface area contributed by atoms with E-state index in [0.29, 0.717) is 0 Å². The first-order valence-corrected chi connectivity index (χ1v) is 4.52. The molecule has 0 spiro atoms. The van der Waals surface area contributed by atoms with Gasteiger partial charge in [-0.3, -0.25) is 4.79 Å². The fourth-order valence-corrected chi connectivity index (χ4v) is 1.66. The van der Waals surface area contributed by atoms with Crippen molar-refractivity contribution in [2.24, 2.45) is 11.1 Å². The van der Waals surface area contributed by atoms with Crippen LogP contribution in [0.4, 0.5) is 13.2 Å². The number of amides is 1. The topological polar surface area (TPSA) is 66.6 Å². The highest BCUT2D eigenvalue weighted by Crippen LogP contribution is 2.44. The van der Waals surface area contributed by atoms with Crippen LogP contribution in [-0.2, 0) is 4.79 Å². The van der Waals surface area contributed by atoms with Gasteiger partial charge in [0.25, 0.3) is 0 Å². The van der Waals surface area contributed by atoms with Crippen molar-refractivity contribution in [2.75, 3.05) is 26.2 Å². The van der Waals surface area contributed by atoms with E-state index in [-0.39, 0.29) is 19.5 Å². The van der Waals surface area contributed by atoms with Crippen LogP contribution in [0.5, 0.6) is 0 Å². The summed E-state index contributed by atoms with van der Waals surface area (Å²) in [5.41, 5.74) is 2.89. The van der Waals surface area contributed by atoms with E-state index in [1.807, 2.05) is 0 Å². The number of alkyl halides is 3. The largest absolute Gasteiger partial charge is 0.398 e. The molecule has 0 radical (unpaired) electrons. The van der Waals surface area contributed by atoms with Crippen molar-refractivity contribution < 1.29 is 23.1 Å². The van der Waals surface area contributed by atoms with Gasteiger partial charge < -0.3 is 15.7 Å². The Bertz CT molecular complexity index is 257. The summed E-state index contributed by atoms with van der Waals surface area (Å²) in [6, 6.07) is 0. The third-order valence-electron chi connectivity index (χ3n) is 2.79. The molecular formula is C8H13F3N2O2. The van der Waals surface area contributed by atoms with Crippen LogP contribution < -0.4 is 5.73 Å². The number of likely N-dealkylation sites (tertiary alicyclic amines) is 1. The highest BCUT2D eigenvalue weighted by atomic mass is 19.4. The normalized spacial score (nSPS) is 27.1. The van der Waals surface area contributed by atoms with Crippen LogP contribution in [0.25, 0.3) is 0 Å². The Kier molecular flexibility index (Phi) is 3.25. The minimum absolute atomic E-state index is 0.00387. The first-order valence-electron chi connectivity index (χ1n) is 4.52. The molecule has 1 amide bonds. The Hall–Kier alpha value is -0.820. The molecule has 0 aliphatic carbocycles. The van der Waals surface area contributed by atoms with Gasteiger partial charge >= 0.3 is 6.18 Å². The number of hydrogen-bond acceptors (Lipinski definition) is 3. The van der Waals surface area contributed by atoms with Gasteiger partial charge in [-0.1, -0.05) is 0 Å². The Labute approximate surface area is 84.8 Å². The SMILES string of the molecule is NCC(=O)N1CCC(CO)(C(F)(F)F)C1. The lowest BCUT2D eigenvalue weighted by molar-refractivity contribution is -0.230. The van der Waals surface area contributed by atoms with E-state index < -0.39 is 30.7 Å². The van der Waals surface area contributed by atoms with E-state index >= 15 is 0 Å². The van der Waals surface area contributed by atoms with E-state index in [4.69, 9.17) is 10.8 Å². The molecule has 0 aromatic heterocycles. The maximum atomic E-state index is 12.6. The van der Waals surface area contributed by atoms with Gasteiger partial charge in [-0.15, -0.1) is 0 Å². The van der Waals surface area contributed by atoms with E-state index in [2.05, 4.69) is 0 Å². The molecule has 1 unspecified atom stereocenters. The zero-order valence-corrected chi connectivity index (χ0v) is 8.05. The number of rotatable bonds is 2. The van der Waals surface area contributed by atoms with Crippen molar-refractivity contribution >= 4 is 5.91 Å². The average molecular weight is 226 g/mol. The highest BCUT2D eigenvalue weighted by Gasteiger charge is 2.58. The smallest absolute Gasteiger partial charge is 0.395 e. The summed E-state index contributed by atoms with van der Waals surface area (Å²) in [5.74, 6) is -0.519. The van der Waals surface area contributed by atoms with E-state index in [1.165, 1.54) is 0 Å². The summed E-state index contributed by atoms with van der Waals surface area (Å²) in [6.45, 7) is -1.80. The average Bonchev–Trinajstić information content (AvgIpc) is 2.61. The minimum Gasteiger partial charge on any atom is -0.395 e. The lowest BCUT2D eigenvalue weighted by Gasteiger charge is -2.29. The molecule has 88 valence electrons. The van der Waals surface area contributed by atoms with Crippen molar-refractivity contribution in [1.82, 2.24) is 4.90 Å². The molecule has 0 aromatic rings. The molecule has 4 nitrogen and oxygen atoms in total. The number of halogens is 3. The number of nitrogens with two attached hydrogens (primary N) is 1. The molecule has 1 aliphatic rings. The molecular weight excluding hydrogens is 213 g/mol. The number of aliphatic hydroxyl groups excluding tert-OH is 1. The summed E-state index contributed by atoms with van der Waals surface area (Å²) in [5, 5.41) is 8.84. The quantitative estimate of drug-likeness (QED) is 0.680. The molecule has 0 aromatic carbocycles. The Morgan fingerprint density at radius 3 is 2.47 bits per heavy atom. The van der Waals surface area contributed by atoms with Gasteiger partial charge in [0.15, 0.2) is 0 Å². The fraction of sp³-hybridized carbons (Fsp3) is 0.875. The summed E-state index contributed by atoms with van der Waals surface area (Å²) in [7, 11) is 0. The molecule has 7 heteroatoms. The monoisotopic (exact) mass is 226 g/mol. The molecule has 1 heterocycles. The first-order chi connectivity index (χ1) is 6.86. The second-order valence-corrected chi connectivity index (χ2v) is 3.71. The fourth-order valence-electron chi connectivity index (χ4n) is 1.66. The molecule has 1 saturated heterocycles. The second kappa shape index (κ2) is 3.97. The predicted molar refractivity (Wildman–Crippen MR) is 45.8 cm³/mol. The Morgan fingerprint density at radius 1 is 1.53 bits per heavy atom. The summed E-state index contributed by atoms with van der Waals surface area (Å²) < 4.78 is 37.9. The third kappa shape index (κ3) is 2.07. The van der Waals surface area contributed by atoms with Crippen molar-refractivity contribution in [1.29, 1.82) is 0 Å². The van der Waals surface area contributed by atoms with Crippen LogP contribution >= 0.6 is 0 Å². The highest BCUT2D eigenvalue weighted by molar-refractivity contribution is 5.78. The van der Waals surface area contributed by atoms with Crippen molar-refractivity contribution in [2.45, 2.75) is 12.6 Å². The van der Waals surface area contributed by atoms with Crippen LogP contribution in [0.2, 0.25) is 0 Å². The van der Waals surface area contributed by atoms with E-state index in [9.17, 15) is 18.0 Å². The van der Waals surface area contributed by atoms with Crippen LogP contribution in [0.3, 0.4) is 0 Å². The minimum atomic E-state index is -4.49. The maximum Gasteiger partial charge on any atom is 0.398 e. The Balaban J connectivity index is 2.78. The van der Waals surface area contributed by atoms with Crippen LogP contribution in [0.1, 0.15) is 6.42 Å². The van der Waals surface area contributed by atoms with Crippen LogP contribution in [0, 0.1) is 5.41 Å². The summed E-state index contributed by atoms with van der Waals surface area (Å²) in [4.78, 5) is 12.1. The molecule has 3 N–H and O–H groups in total. The lowest BCUT2D eigenvalue weighted by Crippen LogP contribution is -2.45. The van der Waals surface area contributed by atoms with Crippen LogP contribution in [0.15, 0.2) is 0 Å². The van der Waals surface area contributed by atoms with Gasteiger partial charge in [0.1, 0.15) is 5.41 Å². The standard InChI is InChI=1S/C8H13F3N2O2/c9-8(10,11)7(5-14)1-2-13(4-7)6(15)3-12/h14H,1-5,12H2. The molecule has 1 fully saturated rings. The predicted octanol–water partition coefficient (Wildman–Crippen LogP) is -0.282. The third-order valence-corrected chi connectivity index (χ3v) is 2.79. The van der Waals surface area contributed by atoms with Gasteiger partial charge in [-0.2, -0.15) is 13.2 Å². The molecule has 15 heavy (non-hydrogen) atoms. The Morgan fingerprint density at radius 2 is 2.13 bits per heavy atom. The van der Waals surface area contributed by atoms with E-state index in [0.717, 1.165) is 4.90 Å². The molecule has 0 saturated carbocycles. The summed E-state index contributed by atoms with van der Waals surface area (Å²) in [6.07, 6.45) is -4.76.